The Morgan fingerprint density at radius 2 is 2.36 bits per heavy atom. The Bertz CT molecular complexity index is 310. The van der Waals surface area contributed by atoms with Crippen LogP contribution in [0.5, 0.6) is 0 Å². The molecule has 1 aromatic heterocycles. The molecule has 0 fully saturated rings. The molecule has 0 unspecified atom stereocenters. The molecule has 6 heteroatoms. The van der Waals surface area contributed by atoms with Gasteiger partial charge in [-0.25, -0.2) is 4.79 Å². The predicted molar refractivity (Wildman–Crippen MR) is 42.9 cm³/mol. The number of carbonyl (C=O) groups is 1. The van der Waals surface area contributed by atoms with Crippen LogP contribution >= 0.6 is 27.5 Å². The molecule has 0 saturated carbocycles. The summed E-state index contributed by atoms with van der Waals surface area (Å²) in [7, 11) is 1.57. The molecule has 0 aliphatic carbocycles. The summed E-state index contributed by atoms with van der Waals surface area (Å²) in [5, 5.41) is 12.5. The largest absolute Gasteiger partial charge is 0.477 e. The third-order valence-corrected chi connectivity index (χ3v) is 2.14. The number of nitrogens with zero attached hydrogens (tertiary/aromatic N) is 2. The first-order chi connectivity index (χ1) is 5.04. The van der Waals surface area contributed by atoms with Gasteiger partial charge in [-0.1, -0.05) is 11.6 Å². The van der Waals surface area contributed by atoms with E-state index in [0.717, 1.165) is 0 Å². The van der Waals surface area contributed by atoms with E-state index < -0.39 is 5.97 Å². The first-order valence-corrected chi connectivity index (χ1v) is 3.82. The zero-order valence-electron chi connectivity index (χ0n) is 5.51. The summed E-state index contributed by atoms with van der Waals surface area (Å²) < 4.78 is 1.53. The van der Waals surface area contributed by atoms with E-state index in [9.17, 15) is 4.79 Å². The zero-order chi connectivity index (χ0) is 8.59. The van der Waals surface area contributed by atoms with Gasteiger partial charge in [-0.05, 0) is 15.9 Å². The molecule has 1 aromatic rings. The summed E-state index contributed by atoms with van der Waals surface area (Å²) in [6.07, 6.45) is 0. The van der Waals surface area contributed by atoms with E-state index in [2.05, 4.69) is 21.0 Å². The number of aryl methyl sites for hydroxylation is 1. The Morgan fingerprint density at radius 3 is 2.55 bits per heavy atom. The van der Waals surface area contributed by atoms with E-state index in [-0.39, 0.29) is 15.3 Å². The second-order valence-electron chi connectivity index (χ2n) is 1.89. The van der Waals surface area contributed by atoms with Gasteiger partial charge in [0.15, 0.2) is 0 Å². The van der Waals surface area contributed by atoms with Gasteiger partial charge in [0, 0.05) is 7.05 Å². The van der Waals surface area contributed by atoms with E-state index in [1.807, 2.05) is 0 Å². The molecule has 1 N–H and O–H groups in total. The van der Waals surface area contributed by atoms with Gasteiger partial charge in [0.2, 0.25) is 0 Å². The third-order valence-electron chi connectivity index (χ3n) is 1.15. The van der Waals surface area contributed by atoms with Crippen LogP contribution in [0.2, 0.25) is 5.15 Å². The van der Waals surface area contributed by atoms with Crippen molar-refractivity contribution in [2.45, 2.75) is 0 Å². The molecule has 0 aliphatic rings. The zero-order valence-corrected chi connectivity index (χ0v) is 7.85. The molecule has 1 rings (SSSR count). The van der Waals surface area contributed by atoms with Gasteiger partial charge in [-0.2, -0.15) is 5.10 Å². The van der Waals surface area contributed by atoms with Crippen LogP contribution in [0.4, 0.5) is 0 Å². The SMILES string of the molecule is Cn1nc(Br)c(C(=O)O)c1Cl. The summed E-state index contributed by atoms with van der Waals surface area (Å²) >= 11 is 8.57. The van der Waals surface area contributed by atoms with Gasteiger partial charge in [-0.3, -0.25) is 4.68 Å². The standard InChI is InChI=1S/C5H4BrClN2O2/c1-9-4(7)2(5(10)11)3(6)8-9/h1H3,(H,10,11). The number of aromatic nitrogens is 2. The lowest BCUT2D eigenvalue weighted by Crippen LogP contribution is -1.96. The van der Waals surface area contributed by atoms with Crippen molar-refractivity contribution in [2.75, 3.05) is 0 Å². The maximum Gasteiger partial charge on any atom is 0.341 e. The summed E-state index contributed by atoms with van der Waals surface area (Å²) in [4.78, 5) is 10.5. The van der Waals surface area contributed by atoms with Crippen LogP contribution in [0.3, 0.4) is 0 Å². The molecule has 0 amide bonds. The van der Waals surface area contributed by atoms with E-state index in [0.29, 0.717) is 0 Å². The highest BCUT2D eigenvalue weighted by molar-refractivity contribution is 9.10. The number of carboxylic acid groups (broad SMARTS) is 1. The van der Waals surface area contributed by atoms with Crippen molar-refractivity contribution in [1.82, 2.24) is 9.78 Å². The van der Waals surface area contributed by atoms with E-state index in [4.69, 9.17) is 16.7 Å². The number of rotatable bonds is 1. The Balaban J connectivity index is 3.34. The molecule has 0 aromatic carbocycles. The van der Waals surface area contributed by atoms with E-state index in [1.165, 1.54) is 4.68 Å². The van der Waals surface area contributed by atoms with Gasteiger partial charge in [0.1, 0.15) is 15.3 Å². The Morgan fingerprint density at radius 1 is 1.82 bits per heavy atom. The first-order valence-electron chi connectivity index (χ1n) is 2.65. The Hall–Kier alpha value is -0.550. The van der Waals surface area contributed by atoms with Crippen LogP contribution in [0, 0.1) is 0 Å². The fraction of sp³-hybridized carbons (Fsp3) is 0.200. The highest BCUT2D eigenvalue weighted by Gasteiger charge is 2.18. The second kappa shape index (κ2) is 2.83. The van der Waals surface area contributed by atoms with Crippen molar-refractivity contribution in [3.8, 4) is 0 Å². The Labute approximate surface area is 75.9 Å². The molecule has 0 atom stereocenters. The maximum atomic E-state index is 10.5. The maximum absolute atomic E-state index is 10.5. The van der Waals surface area contributed by atoms with Crippen molar-refractivity contribution in [1.29, 1.82) is 0 Å². The first kappa shape index (κ1) is 8.55. The third kappa shape index (κ3) is 1.39. The fourth-order valence-electron chi connectivity index (χ4n) is 0.649. The number of aromatic carboxylic acids is 1. The molecular formula is C5H4BrClN2O2. The van der Waals surface area contributed by atoms with Crippen molar-refractivity contribution >= 4 is 33.5 Å². The molecular weight excluding hydrogens is 235 g/mol. The summed E-state index contributed by atoms with van der Waals surface area (Å²) in [6, 6.07) is 0. The minimum Gasteiger partial charge on any atom is -0.477 e. The lowest BCUT2D eigenvalue weighted by atomic mass is 10.4. The Kier molecular flexibility index (Phi) is 2.20. The molecule has 0 saturated heterocycles. The molecule has 11 heavy (non-hydrogen) atoms. The minimum absolute atomic E-state index is 0.00540. The molecule has 4 nitrogen and oxygen atoms in total. The van der Waals surface area contributed by atoms with Crippen molar-refractivity contribution < 1.29 is 9.90 Å². The van der Waals surface area contributed by atoms with Crippen LogP contribution in [0.25, 0.3) is 0 Å². The van der Waals surface area contributed by atoms with Gasteiger partial charge in [0.25, 0.3) is 0 Å². The molecule has 0 radical (unpaired) electrons. The number of hydrogen-bond donors (Lipinski definition) is 1. The summed E-state index contributed by atoms with van der Waals surface area (Å²) in [5.74, 6) is -1.09. The lowest BCUT2D eigenvalue weighted by molar-refractivity contribution is 0.0696. The molecule has 0 aliphatic heterocycles. The monoisotopic (exact) mass is 238 g/mol. The van der Waals surface area contributed by atoms with Gasteiger partial charge in [-0.15, -0.1) is 0 Å². The number of halogens is 2. The smallest absolute Gasteiger partial charge is 0.341 e. The second-order valence-corrected chi connectivity index (χ2v) is 2.99. The van der Waals surface area contributed by atoms with Crippen LogP contribution in [0.15, 0.2) is 4.60 Å². The van der Waals surface area contributed by atoms with Crippen molar-refractivity contribution in [3.63, 3.8) is 0 Å². The van der Waals surface area contributed by atoms with E-state index >= 15 is 0 Å². The summed E-state index contributed by atoms with van der Waals surface area (Å²) in [6.45, 7) is 0. The van der Waals surface area contributed by atoms with Crippen molar-refractivity contribution in [3.05, 3.63) is 15.3 Å². The minimum atomic E-state index is -1.09. The van der Waals surface area contributed by atoms with Crippen LogP contribution in [-0.2, 0) is 7.05 Å². The average Bonchev–Trinajstić information content (AvgIpc) is 2.07. The normalized spacial score (nSPS) is 10.1. The predicted octanol–water partition coefficient (Wildman–Crippen LogP) is 1.53. The topological polar surface area (TPSA) is 55.1 Å². The number of carboxylic acids is 1. The average molecular weight is 239 g/mol. The van der Waals surface area contributed by atoms with Crippen LogP contribution in [-0.4, -0.2) is 20.9 Å². The summed E-state index contributed by atoms with van der Waals surface area (Å²) in [5.41, 5.74) is -0.00540. The molecule has 0 bridgehead atoms. The lowest BCUT2D eigenvalue weighted by Gasteiger charge is -1.90. The quantitative estimate of drug-likeness (QED) is 0.809. The van der Waals surface area contributed by atoms with Crippen molar-refractivity contribution in [2.24, 2.45) is 7.05 Å². The molecule has 60 valence electrons. The van der Waals surface area contributed by atoms with Gasteiger partial charge >= 0.3 is 5.97 Å². The highest BCUT2D eigenvalue weighted by Crippen LogP contribution is 2.22. The van der Waals surface area contributed by atoms with E-state index in [1.54, 1.807) is 7.05 Å². The van der Waals surface area contributed by atoms with Crippen LogP contribution in [0.1, 0.15) is 10.4 Å². The van der Waals surface area contributed by atoms with Gasteiger partial charge < -0.3 is 5.11 Å². The highest BCUT2D eigenvalue weighted by atomic mass is 79.9. The molecule has 1 heterocycles. The fourth-order valence-corrected chi connectivity index (χ4v) is 1.57. The van der Waals surface area contributed by atoms with Crippen LogP contribution < -0.4 is 0 Å². The number of hydrogen-bond acceptors (Lipinski definition) is 2. The van der Waals surface area contributed by atoms with Gasteiger partial charge in [0.05, 0.1) is 0 Å². The molecule has 0 spiro atoms.